The van der Waals surface area contributed by atoms with E-state index in [2.05, 4.69) is 23.8 Å². The summed E-state index contributed by atoms with van der Waals surface area (Å²) in [5.74, 6) is 1.63. The van der Waals surface area contributed by atoms with Gasteiger partial charge in [-0.1, -0.05) is 6.92 Å². The first-order valence-corrected chi connectivity index (χ1v) is 7.50. The Morgan fingerprint density at radius 1 is 0.909 bits per heavy atom. The molecule has 2 rings (SSSR count). The Hall–Kier alpha value is -2.30. The number of nitrogens with zero attached hydrogens (tertiary/aromatic N) is 2. The number of benzene rings is 1. The zero-order valence-electron chi connectivity index (χ0n) is 13.2. The fourth-order valence-corrected chi connectivity index (χ4v) is 1.73. The average Bonchev–Trinajstić information content (AvgIpc) is 2.55. The topological polar surface area (TPSA) is 53.5 Å². The van der Waals surface area contributed by atoms with Crippen molar-refractivity contribution in [3.63, 3.8) is 0 Å². The highest BCUT2D eigenvalue weighted by Crippen LogP contribution is 2.20. The van der Waals surface area contributed by atoms with Crippen molar-refractivity contribution in [2.24, 2.45) is 0 Å². The van der Waals surface area contributed by atoms with E-state index < -0.39 is 0 Å². The van der Waals surface area contributed by atoms with E-state index in [1.807, 2.05) is 31.2 Å². The summed E-state index contributed by atoms with van der Waals surface area (Å²) in [6, 6.07) is 9.72. The minimum atomic E-state index is -0.106. The molecule has 0 aliphatic heterocycles. The first-order valence-electron chi connectivity index (χ1n) is 7.50. The van der Waals surface area contributed by atoms with Gasteiger partial charge in [-0.05, 0) is 50.6 Å². The predicted octanol–water partition coefficient (Wildman–Crippen LogP) is 3.50. The highest BCUT2D eigenvalue weighted by molar-refractivity contribution is 5.31. The van der Waals surface area contributed by atoms with E-state index in [1.165, 1.54) is 0 Å². The van der Waals surface area contributed by atoms with Crippen LogP contribution in [0.15, 0.2) is 42.7 Å². The Balaban J connectivity index is 1.80. The van der Waals surface area contributed by atoms with Crippen molar-refractivity contribution < 1.29 is 14.2 Å². The quantitative estimate of drug-likeness (QED) is 0.747. The lowest BCUT2D eigenvalue weighted by atomic mass is 10.3. The summed E-state index contributed by atoms with van der Waals surface area (Å²) in [6.45, 7) is 6.47. The predicted molar refractivity (Wildman–Crippen MR) is 84.4 cm³/mol. The lowest BCUT2D eigenvalue weighted by Crippen LogP contribution is -2.21. The van der Waals surface area contributed by atoms with E-state index in [1.54, 1.807) is 18.5 Å². The molecule has 1 aromatic carbocycles. The first kappa shape index (κ1) is 16.1. The maximum Gasteiger partial charge on any atom is 0.316 e. The zero-order chi connectivity index (χ0) is 15.8. The van der Waals surface area contributed by atoms with Gasteiger partial charge in [0.2, 0.25) is 0 Å². The molecule has 0 saturated heterocycles. The van der Waals surface area contributed by atoms with Crippen molar-refractivity contribution in [3.05, 3.63) is 42.7 Å². The molecule has 0 spiro atoms. The van der Waals surface area contributed by atoms with Crippen LogP contribution < -0.4 is 14.2 Å². The second-order valence-electron chi connectivity index (χ2n) is 5.08. The Labute approximate surface area is 131 Å². The summed E-state index contributed by atoms with van der Waals surface area (Å²) in [5, 5.41) is 0. The molecule has 1 aromatic heterocycles. The molecule has 2 aromatic rings. The van der Waals surface area contributed by atoms with Crippen LogP contribution in [0.1, 0.15) is 27.2 Å². The molecule has 0 N–H and O–H groups in total. The highest BCUT2D eigenvalue weighted by Gasteiger charge is 2.07. The highest BCUT2D eigenvalue weighted by atomic mass is 16.5. The number of ether oxygens (including phenoxy) is 3. The van der Waals surface area contributed by atoms with E-state index in [4.69, 9.17) is 14.2 Å². The minimum Gasteiger partial charge on any atom is -0.491 e. The third kappa shape index (κ3) is 5.24. The molecular weight excluding hydrogens is 280 g/mol. The van der Waals surface area contributed by atoms with Gasteiger partial charge in [-0.3, -0.25) is 0 Å². The molecule has 0 aliphatic rings. The van der Waals surface area contributed by atoms with Crippen molar-refractivity contribution in [1.82, 2.24) is 9.97 Å². The third-order valence-electron chi connectivity index (χ3n) is 3.06. The number of rotatable bonds is 8. The zero-order valence-corrected chi connectivity index (χ0v) is 13.2. The van der Waals surface area contributed by atoms with Crippen molar-refractivity contribution in [2.45, 2.75) is 39.4 Å². The maximum absolute atomic E-state index is 5.79. The van der Waals surface area contributed by atoms with Gasteiger partial charge in [0.15, 0.2) is 0 Å². The van der Waals surface area contributed by atoms with Crippen LogP contribution in [0.5, 0.6) is 17.5 Å². The third-order valence-corrected chi connectivity index (χ3v) is 3.06. The smallest absolute Gasteiger partial charge is 0.316 e. The summed E-state index contributed by atoms with van der Waals surface area (Å²) in [6.07, 6.45) is 4.37. The molecule has 118 valence electrons. The molecule has 0 saturated carbocycles. The molecule has 5 heteroatoms. The molecular formula is C17H22N2O3. The van der Waals surface area contributed by atoms with Gasteiger partial charge in [-0.25, -0.2) is 9.97 Å². The van der Waals surface area contributed by atoms with E-state index in [9.17, 15) is 0 Å². The summed E-state index contributed by atoms with van der Waals surface area (Å²) in [7, 11) is 0. The number of hydrogen-bond acceptors (Lipinski definition) is 5. The second kappa shape index (κ2) is 8.22. The molecule has 0 fully saturated rings. The van der Waals surface area contributed by atoms with Crippen LogP contribution in [0, 0.1) is 0 Å². The molecule has 5 nitrogen and oxygen atoms in total. The van der Waals surface area contributed by atoms with Crippen molar-refractivity contribution in [1.29, 1.82) is 0 Å². The summed E-state index contributed by atoms with van der Waals surface area (Å²) in [4.78, 5) is 8.00. The molecule has 0 bridgehead atoms. The van der Waals surface area contributed by atoms with E-state index in [0.717, 1.165) is 17.9 Å². The minimum absolute atomic E-state index is 0.106. The molecule has 0 radical (unpaired) electrons. The Bertz CT molecular complexity index is 546. The molecule has 22 heavy (non-hydrogen) atoms. The van der Waals surface area contributed by atoms with Gasteiger partial charge in [0, 0.05) is 12.4 Å². The summed E-state index contributed by atoms with van der Waals surface area (Å²) >= 11 is 0. The van der Waals surface area contributed by atoms with Gasteiger partial charge in [0.05, 0.1) is 6.10 Å². The number of hydrogen-bond donors (Lipinski definition) is 0. The van der Waals surface area contributed by atoms with E-state index in [0.29, 0.717) is 12.6 Å². The van der Waals surface area contributed by atoms with Crippen LogP contribution in [0.2, 0.25) is 0 Å². The average molecular weight is 302 g/mol. The van der Waals surface area contributed by atoms with E-state index >= 15 is 0 Å². The van der Waals surface area contributed by atoms with Crippen LogP contribution in [0.4, 0.5) is 0 Å². The lowest BCUT2D eigenvalue weighted by molar-refractivity contribution is 0.136. The summed E-state index contributed by atoms with van der Waals surface area (Å²) in [5.41, 5.74) is 0. The van der Waals surface area contributed by atoms with Crippen LogP contribution in [0.3, 0.4) is 0 Å². The van der Waals surface area contributed by atoms with Gasteiger partial charge in [-0.15, -0.1) is 0 Å². The molecule has 2 unspecified atom stereocenters. The Kier molecular flexibility index (Phi) is 6.01. The second-order valence-corrected chi connectivity index (χ2v) is 5.08. The normalized spacial score (nSPS) is 13.2. The summed E-state index contributed by atoms with van der Waals surface area (Å²) < 4.78 is 17.0. The standard InChI is InChI=1S/C17H22N2O3/c1-4-13(2)21-15-6-8-16(9-7-15)22-14(3)12-20-17-18-10-5-11-19-17/h5-11,13-14H,4,12H2,1-3H3. The largest absolute Gasteiger partial charge is 0.491 e. The fraction of sp³-hybridized carbons (Fsp3) is 0.412. The molecule has 0 aliphatic carbocycles. The monoisotopic (exact) mass is 302 g/mol. The van der Waals surface area contributed by atoms with Gasteiger partial charge in [0.25, 0.3) is 0 Å². The lowest BCUT2D eigenvalue weighted by Gasteiger charge is -2.16. The van der Waals surface area contributed by atoms with E-state index in [-0.39, 0.29) is 12.2 Å². The fourth-order valence-electron chi connectivity index (χ4n) is 1.73. The molecule has 1 heterocycles. The Morgan fingerprint density at radius 2 is 1.45 bits per heavy atom. The van der Waals surface area contributed by atoms with Crippen molar-refractivity contribution in [2.75, 3.05) is 6.61 Å². The first-order chi connectivity index (χ1) is 10.7. The van der Waals surface area contributed by atoms with Gasteiger partial charge in [0.1, 0.15) is 24.2 Å². The van der Waals surface area contributed by atoms with Crippen LogP contribution in [0.25, 0.3) is 0 Å². The van der Waals surface area contributed by atoms with Gasteiger partial charge >= 0.3 is 6.01 Å². The maximum atomic E-state index is 5.79. The van der Waals surface area contributed by atoms with Crippen molar-refractivity contribution in [3.8, 4) is 17.5 Å². The SMILES string of the molecule is CCC(C)Oc1ccc(OC(C)COc2ncccn2)cc1. The number of aromatic nitrogens is 2. The van der Waals surface area contributed by atoms with Crippen LogP contribution >= 0.6 is 0 Å². The van der Waals surface area contributed by atoms with Crippen LogP contribution in [-0.4, -0.2) is 28.8 Å². The molecule has 0 amide bonds. The van der Waals surface area contributed by atoms with Gasteiger partial charge in [-0.2, -0.15) is 0 Å². The molecule has 2 atom stereocenters. The van der Waals surface area contributed by atoms with Gasteiger partial charge < -0.3 is 14.2 Å². The Morgan fingerprint density at radius 3 is 2.00 bits per heavy atom. The van der Waals surface area contributed by atoms with Crippen LogP contribution in [-0.2, 0) is 0 Å². The van der Waals surface area contributed by atoms with Crippen molar-refractivity contribution >= 4 is 0 Å².